The third-order valence-corrected chi connectivity index (χ3v) is 10.0. The molecule has 0 aliphatic heterocycles. The fourth-order valence-electron chi connectivity index (χ4n) is 8.54. The maximum Gasteiger partial charge on any atom is 1.00 e. The maximum atomic E-state index is 11.4. The molecule has 0 unspecified atom stereocenters. The predicted octanol–water partition coefficient (Wildman–Crippen LogP) is -1.27. The number of aliphatic hydroxyl groups excluding tert-OH is 3. The molecule has 0 amide bonds. The van der Waals surface area contributed by atoms with Crippen LogP contribution in [0.25, 0.3) is 0 Å². The van der Waals surface area contributed by atoms with E-state index < -0.39 is 12.1 Å². The van der Waals surface area contributed by atoms with Gasteiger partial charge in [-0.25, -0.2) is 0 Å². The zero-order valence-electron chi connectivity index (χ0n) is 18.5. The second-order valence-electron chi connectivity index (χ2n) is 11.1. The van der Waals surface area contributed by atoms with Crippen molar-refractivity contribution in [2.75, 3.05) is 0 Å². The number of rotatable bonds is 3. The van der Waals surface area contributed by atoms with E-state index in [4.69, 9.17) is 0 Å². The second-order valence-corrected chi connectivity index (χ2v) is 11.1. The Kier molecular flexibility index (Phi) is 6.92. The summed E-state index contributed by atoms with van der Waals surface area (Å²) in [5, 5.41) is 43.9. The molecule has 3 N–H and O–H groups in total. The van der Waals surface area contributed by atoms with E-state index >= 15 is 0 Å². The molecule has 0 heterocycles. The van der Waals surface area contributed by atoms with E-state index in [0.29, 0.717) is 12.3 Å². The van der Waals surface area contributed by atoms with Crippen LogP contribution in [-0.2, 0) is 4.79 Å². The molecule has 4 rings (SSSR count). The monoisotopic (exact) mass is 416 g/mol. The van der Waals surface area contributed by atoms with Crippen LogP contribution in [0.1, 0.15) is 72.1 Å². The molecular weight excluding hydrogens is 379 g/mol. The van der Waals surface area contributed by atoms with Crippen LogP contribution in [0, 0.1) is 46.3 Å². The van der Waals surface area contributed by atoms with Crippen molar-refractivity contribution in [3.63, 3.8) is 0 Å². The summed E-state index contributed by atoms with van der Waals surface area (Å²) in [7, 11) is 0. The van der Waals surface area contributed by atoms with Gasteiger partial charge in [0.25, 0.3) is 0 Å². The first-order valence-corrected chi connectivity index (χ1v) is 11.3. The second kappa shape index (κ2) is 8.37. The number of aliphatic carboxylic acids is 1. The van der Waals surface area contributed by atoms with Crippen molar-refractivity contribution in [3.8, 4) is 0 Å². The number of aliphatic hydroxyl groups is 3. The minimum Gasteiger partial charge on any atom is -0.550 e. The molecule has 5 nitrogen and oxygen atoms in total. The van der Waals surface area contributed by atoms with Crippen LogP contribution >= 0.6 is 0 Å². The number of carboxylic acids is 1. The summed E-state index contributed by atoms with van der Waals surface area (Å²) in [6, 6.07) is 0. The van der Waals surface area contributed by atoms with Gasteiger partial charge in [0.2, 0.25) is 0 Å². The van der Waals surface area contributed by atoms with Gasteiger partial charge in [0.15, 0.2) is 0 Å². The van der Waals surface area contributed by atoms with E-state index in [1.165, 1.54) is 0 Å². The predicted molar refractivity (Wildman–Crippen MR) is 103 cm³/mol. The Morgan fingerprint density at radius 3 is 2.41 bits per heavy atom. The average molecular weight is 417 g/mol. The Morgan fingerprint density at radius 1 is 1.07 bits per heavy atom. The number of carbonyl (C=O) groups excluding carboxylic acids is 1. The fourth-order valence-corrected chi connectivity index (χ4v) is 8.54. The van der Waals surface area contributed by atoms with Crippen molar-refractivity contribution >= 4 is 5.97 Å². The van der Waals surface area contributed by atoms with Crippen LogP contribution in [-0.4, -0.2) is 39.6 Å². The summed E-state index contributed by atoms with van der Waals surface area (Å²) in [5.74, 6) is 0.101. The summed E-state index contributed by atoms with van der Waals surface area (Å²) in [6.45, 7) is 6.45. The number of carbonyl (C=O) groups is 1. The summed E-state index contributed by atoms with van der Waals surface area (Å²) >= 11 is 0. The Labute approximate surface area is 196 Å². The summed E-state index contributed by atoms with van der Waals surface area (Å²) in [6.07, 6.45) is 4.77. The first-order chi connectivity index (χ1) is 13.1. The molecule has 0 saturated heterocycles. The van der Waals surface area contributed by atoms with Crippen molar-refractivity contribution in [1.29, 1.82) is 0 Å². The first kappa shape index (κ1) is 24.0. The Balaban J connectivity index is 0.00000240. The van der Waals surface area contributed by atoms with Crippen LogP contribution in [0.5, 0.6) is 0 Å². The molecular formula is C23H37NaO5. The van der Waals surface area contributed by atoms with Gasteiger partial charge in [-0.1, -0.05) is 20.8 Å². The minimum absolute atomic E-state index is 0. The molecule has 0 radical (unpaired) electrons. The van der Waals surface area contributed by atoms with E-state index in [2.05, 4.69) is 13.8 Å². The van der Waals surface area contributed by atoms with Crippen molar-refractivity contribution in [3.05, 3.63) is 0 Å². The van der Waals surface area contributed by atoms with Gasteiger partial charge in [-0.2, -0.15) is 0 Å². The third kappa shape index (κ3) is 3.66. The molecule has 11 atom stereocenters. The molecule has 0 aromatic heterocycles. The largest absolute Gasteiger partial charge is 1.00 e. The van der Waals surface area contributed by atoms with Crippen LogP contribution < -0.4 is 34.7 Å². The molecule has 0 aromatic carbocycles. The quantitative estimate of drug-likeness (QED) is 0.498. The molecule has 0 bridgehead atoms. The summed E-state index contributed by atoms with van der Waals surface area (Å²) in [5.41, 5.74) is -0.269. The summed E-state index contributed by atoms with van der Waals surface area (Å²) < 4.78 is 0. The smallest absolute Gasteiger partial charge is 0.550 e. The number of hydrogen-bond donors (Lipinski definition) is 3. The average Bonchev–Trinajstić information content (AvgIpc) is 2.95. The topological polar surface area (TPSA) is 101 Å². The van der Waals surface area contributed by atoms with Gasteiger partial charge in [0.1, 0.15) is 0 Å². The van der Waals surface area contributed by atoms with Crippen LogP contribution in [0.2, 0.25) is 0 Å². The molecule has 4 fully saturated rings. The molecule has 29 heavy (non-hydrogen) atoms. The van der Waals surface area contributed by atoms with Crippen LogP contribution in [0.15, 0.2) is 0 Å². The van der Waals surface area contributed by atoms with Gasteiger partial charge in [-0.05, 0) is 97.7 Å². The van der Waals surface area contributed by atoms with Gasteiger partial charge < -0.3 is 25.2 Å². The van der Waals surface area contributed by atoms with Gasteiger partial charge in [-0.15, -0.1) is 0 Å². The molecule has 0 spiro atoms. The van der Waals surface area contributed by atoms with E-state index in [1.54, 1.807) is 0 Å². The van der Waals surface area contributed by atoms with E-state index in [1.807, 2.05) is 6.92 Å². The fraction of sp³-hybridized carbons (Fsp3) is 0.957. The van der Waals surface area contributed by atoms with Crippen molar-refractivity contribution in [2.24, 2.45) is 46.3 Å². The molecule has 4 aliphatic rings. The molecule has 6 heteroatoms. The Hall–Kier alpha value is 0.350. The van der Waals surface area contributed by atoms with Crippen LogP contribution in [0.4, 0.5) is 0 Å². The zero-order valence-corrected chi connectivity index (χ0v) is 20.5. The van der Waals surface area contributed by atoms with Gasteiger partial charge in [0.05, 0.1) is 18.3 Å². The molecule has 160 valence electrons. The molecule has 4 aliphatic carbocycles. The van der Waals surface area contributed by atoms with E-state index in [9.17, 15) is 25.2 Å². The first-order valence-electron chi connectivity index (χ1n) is 11.3. The number of fused-ring (bicyclic) bond motifs is 5. The minimum atomic E-state index is -1.02. The Morgan fingerprint density at radius 2 is 1.76 bits per heavy atom. The normalized spacial score (nSPS) is 52.5. The standard InChI is InChI=1S/C23H38O5.Na/c1-12(8-20(27)28)15-4-5-16-21-17(11-19(26)23(15,16)3)22(2)7-6-14(24)9-13(22)10-18(21)25;/h12-19,21,24-26H,4-11H2,1-3H3,(H,27,28);/q;+1/p-1/t12-,13+,14-,15-,16+,17+,18-,19+,21+,22+,23-;/m1./s1. The Bertz CT molecular complexity index is 628. The number of carboxylic acid groups (broad SMARTS) is 1. The molecule has 0 aromatic rings. The van der Waals surface area contributed by atoms with Crippen molar-refractivity contribution in [2.45, 2.75) is 90.4 Å². The SMILES string of the molecule is C[C@H](CC(=O)[O-])[C@H]1CC[C@H]2[C@@H]3[C@H](O)C[C@@H]4C[C@H](O)CC[C@]4(C)[C@H]3C[C@H](O)[C@]12C.[Na+]. The zero-order chi connectivity index (χ0) is 20.4. The third-order valence-electron chi connectivity index (χ3n) is 10.0. The summed E-state index contributed by atoms with van der Waals surface area (Å²) in [4.78, 5) is 11.2. The van der Waals surface area contributed by atoms with Crippen molar-refractivity contribution in [1.82, 2.24) is 0 Å². The van der Waals surface area contributed by atoms with Gasteiger partial charge in [0, 0.05) is 5.97 Å². The maximum absolute atomic E-state index is 11.4. The number of hydrogen-bond acceptors (Lipinski definition) is 5. The van der Waals surface area contributed by atoms with Gasteiger partial charge in [-0.3, -0.25) is 0 Å². The van der Waals surface area contributed by atoms with Crippen molar-refractivity contribution < 1.29 is 54.8 Å². The van der Waals surface area contributed by atoms with Crippen LogP contribution in [0.3, 0.4) is 0 Å². The molecule has 4 saturated carbocycles. The van der Waals surface area contributed by atoms with Gasteiger partial charge >= 0.3 is 29.6 Å². The van der Waals surface area contributed by atoms with E-state index in [-0.39, 0.29) is 88.6 Å². The van der Waals surface area contributed by atoms with E-state index in [0.717, 1.165) is 38.5 Å².